The maximum Gasteiger partial charge on any atom is 0.282 e. The fraction of sp³-hybridized carbons (Fsp3) is 0.304. The van der Waals surface area contributed by atoms with Crippen LogP contribution in [0.2, 0.25) is 0 Å². The van der Waals surface area contributed by atoms with Crippen molar-refractivity contribution in [1.82, 2.24) is 14.8 Å². The van der Waals surface area contributed by atoms with Crippen molar-refractivity contribution in [3.63, 3.8) is 0 Å². The van der Waals surface area contributed by atoms with Gasteiger partial charge in [-0.05, 0) is 31.0 Å². The first-order valence-electron chi connectivity index (χ1n) is 10.4. The summed E-state index contributed by atoms with van der Waals surface area (Å²) >= 11 is 0. The van der Waals surface area contributed by atoms with E-state index in [-0.39, 0.29) is 11.7 Å². The number of halogens is 2. The molecular weight excluding hydrogens is 418 g/mol. The van der Waals surface area contributed by atoms with E-state index in [4.69, 9.17) is 14.5 Å². The van der Waals surface area contributed by atoms with E-state index in [9.17, 15) is 13.6 Å². The third-order valence-electron chi connectivity index (χ3n) is 5.93. The van der Waals surface area contributed by atoms with Gasteiger partial charge in [-0.2, -0.15) is 0 Å². The number of methoxy groups -OCH3 is 2. The molecule has 0 bridgehead atoms. The highest BCUT2D eigenvalue weighted by atomic mass is 19.1. The van der Waals surface area contributed by atoms with Gasteiger partial charge in [-0.1, -0.05) is 12.8 Å². The molecule has 32 heavy (non-hydrogen) atoms. The van der Waals surface area contributed by atoms with Gasteiger partial charge in [0.1, 0.15) is 22.8 Å². The SMILES string of the molecule is COc1cc2nc(NC3CCCC3)c3c(=O)n(-c4cc(F)cc(F)c4)[nH]c3c2cc1OC. The van der Waals surface area contributed by atoms with Crippen molar-refractivity contribution in [1.29, 1.82) is 0 Å². The Bertz CT molecular complexity index is 1370. The second-order valence-corrected chi connectivity index (χ2v) is 7.94. The molecule has 5 rings (SSSR count). The quantitative estimate of drug-likeness (QED) is 0.477. The molecule has 2 N–H and O–H groups in total. The fourth-order valence-corrected chi connectivity index (χ4v) is 4.41. The highest BCUT2D eigenvalue weighted by Gasteiger charge is 2.23. The van der Waals surface area contributed by atoms with E-state index >= 15 is 0 Å². The van der Waals surface area contributed by atoms with Crippen LogP contribution in [0, 0.1) is 11.6 Å². The lowest BCUT2D eigenvalue weighted by Crippen LogP contribution is -2.19. The van der Waals surface area contributed by atoms with Gasteiger partial charge in [-0.25, -0.2) is 18.4 Å². The number of nitrogens with zero attached hydrogens (tertiary/aromatic N) is 2. The van der Waals surface area contributed by atoms with E-state index in [1.165, 1.54) is 14.2 Å². The van der Waals surface area contributed by atoms with Crippen LogP contribution < -0.4 is 20.3 Å². The number of hydrogen-bond donors (Lipinski definition) is 2. The van der Waals surface area contributed by atoms with Gasteiger partial charge in [0.15, 0.2) is 11.5 Å². The molecule has 9 heteroatoms. The molecular formula is C23H22F2N4O3. The fourth-order valence-electron chi connectivity index (χ4n) is 4.41. The van der Waals surface area contributed by atoms with E-state index in [2.05, 4.69) is 10.4 Å². The molecule has 0 atom stereocenters. The smallest absolute Gasteiger partial charge is 0.282 e. The highest BCUT2D eigenvalue weighted by Crippen LogP contribution is 2.36. The summed E-state index contributed by atoms with van der Waals surface area (Å²) in [6.45, 7) is 0. The van der Waals surface area contributed by atoms with E-state index in [0.717, 1.165) is 48.6 Å². The zero-order valence-electron chi connectivity index (χ0n) is 17.7. The lowest BCUT2D eigenvalue weighted by molar-refractivity contribution is 0.356. The lowest BCUT2D eigenvalue weighted by atomic mass is 10.1. The third kappa shape index (κ3) is 3.34. The van der Waals surface area contributed by atoms with Crippen LogP contribution in [0.1, 0.15) is 25.7 Å². The lowest BCUT2D eigenvalue weighted by Gasteiger charge is -2.15. The zero-order valence-corrected chi connectivity index (χ0v) is 17.7. The molecule has 4 aromatic rings. The molecule has 2 aromatic heterocycles. The van der Waals surface area contributed by atoms with Crippen LogP contribution in [-0.2, 0) is 0 Å². The molecule has 1 aliphatic carbocycles. The van der Waals surface area contributed by atoms with Crippen molar-refractivity contribution < 1.29 is 18.3 Å². The van der Waals surface area contributed by atoms with Crippen molar-refractivity contribution in [2.24, 2.45) is 0 Å². The Hall–Kier alpha value is -3.62. The van der Waals surface area contributed by atoms with Crippen LogP contribution in [0.3, 0.4) is 0 Å². The second-order valence-electron chi connectivity index (χ2n) is 7.94. The predicted molar refractivity (Wildman–Crippen MR) is 118 cm³/mol. The van der Waals surface area contributed by atoms with Crippen LogP contribution in [0.15, 0.2) is 35.1 Å². The largest absolute Gasteiger partial charge is 0.493 e. The Morgan fingerprint density at radius 3 is 2.34 bits per heavy atom. The number of benzene rings is 2. The van der Waals surface area contributed by atoms with Gasteiger partial charge in [0.05, 0.1) is 30.9 Å². The summed E-state index contributed by atoms with van der Waals surface area (Å²) < 4.78 is 39.7. The second kappa shape index (κ2) is 7.81. The average Bonchev–Trinajstić information content (AvgIpc) is 3.40. The van der Waals surface area contributed by atoms with E-state index in [1.807, 2.05) is 0 Å². The number of rotatable bonds is 5. The molecule has 7 nitrogen and oxygen atoms in total. The molecule has 166 valence electrons. The van der Waals surface area contributed by atoms with Crippen molar-refractivity contribution in [2.75, 3.05) is 19.5 Å². The topological polar surface area (TPSA) is 81.2 Å². The van der Waals surface area contributed by atoms with Crippen LogP contribution >= 0.6 is 0 Å². The number of H-pyrrole nitrogens is 1. The van der Waals surface area contributed by atoms with Gasteiger partial charge >= 0.3 is 0 Å². The monoisotopic (exact) mass is 440 g/mol. The van der Waals surface area contributed by atoms with Gasteiger partial charge in [0, 0.05) is 23.6 Å². The van der Waals surface area contributed by atoms with Crippen LogP contribution in [0.4, 0.5) is 14.6 Å². The number of anilines is 1. The third-order valence-corrected chi connectivity index (χ3v) is 5.93. The summed E-state index contributed by atoms with van der Waals surface area (Å²) in [6, 6.07) is 6.64. The Balaban J connectivity index is 1.82. The molecule has 2 heterocycles. The first-order chi connectivity index (χ1) is 15.5. The molecule has 0 spiro atoms. The van der Waals surface area contributed by atoms with Gasteiger partial charge < -0.3 is 14.8 Å². The molecule has 2 aromatic carbocycles. The molecule has 1 fully saturated rings. The minimum absolute atomic E-state index is 0.0594. The molecule has 0 unspecified atom stereocenters. The van der Waals surface area contributed by atoms with E-state index in [0.29, 0.717) is 39.1 Å². The summed E-state index contributed by atoms with van der Waals surface area (Å²) in [6.07, 6.45) is 4.19. The van der Waals surface area contributed by atoms with Crippen molar-refractivity contribution in [3.8, 4) is 17.2 Å². The van der Waals surface area contributed by atoms with Gasteiger partial charge in [0.25, 0.3) is 5.56 Å². The molecule has 0 aliphatic heterocycles. The van der Waals surface area contributed by atoms with Gasteiger partial charge in [-0.15, -0.1) is 0 Å². The summed E-state index contributed by atoms with van der Waals surface area (Å²) in [5, 5.41) is 7.38. The highest BCUT2D eigenvalue weighted by molar-refractivity contribution is 6.08. The Morgan fingerprint density at radius 1 is 1.03 bits per heavy atom. The van der Waals surface area contributed by atoms with Crippen molar-refractivity contribution >= 4 is 27.6 Å². The zero-order chi connectivity index (χ0) is 22.4. The summed E-state index contributed by atoms with van der Waals surface area (Å²) in [4.78, 5) is 18.1. The molecule has 0 radical (unpaired) electrons. The number of aromatic amines is 1. The molecule has 1 aliphatic rings. The number of fused-ring (bicyclic) bond motifs is 3. The number of ether oxygens (including phenoxy) is 2. The molecule has 0 amide bonds. The average molecular weight is 440 g/mol. The number of nitrogens with one attached hydrogen (secondary N) is 2. The maximum atomic E-state index is 13.9. The number of hydrogen-bond acceptors (Lipinski definition) is 5. The maximum absolute atomic E-state index is 13.9. The minimum atomic E-state index is -0.774. The van der Waals surface area contributed by atoms with Gasteiger partial charge in [-0.3, -0.25) is 9.89 Å². The first-order valence-corrected chi connectivity index (χ1v) is 10.4. The summed E-state index contributed by atoms with van der Waals surface area (Å²) in [5.74, 6) is -0.130. The predicted octanol–water partition coefficient (Wildman–Crippen LogP) is 4.52. The van der Waals surface area contributed by atoms with Gasteiger partial charge in [0.2, 0.25) is 0 Å². The van der Waals surface area contributed by atoms with E-state index in [1.54, 1.807) is 12.1 Å². The summed E-state index contributed by atoms with van der Waals surface area (Å²) in [7, 11) is 3.06. The van der Waals surface area contributed by atoms with Crippen LogP contribution in [0.5, 0.6) is 11.5 Å². The first kappa shape index (κ1) is 20.3. The standard InChI is InChI=1S/C23H22F2N4O3/c1-31-18-10-16-17(11-19(18)32-2)27-22(26-14-5-3-4-6-14)20-21(16)28-29(23(20)30)15-8-12(24)7-13(25)9-15/h7-11,14,28H,3-6H2,1-2H3,(H,26,27). The molecule has 1 saturated carbocycles. The normalized spacial score (nSPS) is 14.4. The van der Waals surface area contributed by atoms with Crippen LogP contribution in [-0.4, -0.2) is 35.0 Å². The Morgan fingerprint density at radius 2 is 1.69 bits per heavy atom. The van der Waals surface area contributed by atoms with Crippen molar-refractivity contribution in [3.05, 3.63) is 52.3 Å². The number of aromatic nitrogens is 3. The Kier molecular flexibility index (Phi) is 4.96. The molecule has 0 saturated heterocycles. The minimum Gasteiger partial charge on any atom is -0.493 e. The summed E-state index contributed by atoms with van der Waals surface area (Å²) in [5.41, 5.74) is 0.694. The number of pyridine rings is 1. The van der Waals surface area contributed by atoms with E-state index < -0.39 is 17.2 Å². The van der Waals surface area contributed by atoms with Crippen molar-refractivity contribution in [2.45, 2.75) is 31.7 Å². The Labute approximate surface area is 181 Å². The van der Waals surface area contributed by atoms with Crippen LogP contribution in [0.25, 0.3) is 27.5 Å².